The Morgan fingerprint density at radius 1 is 0.775 bits per heavy atom. The van der Waals surface area contributed by atoms with Gasteiger partial charge in [0.25, 0.3) is 5.91 Å². The van der Waals surface area contributed by atoms with Crippen molar-refractivity contribution in [1.29, 1.82) is 0 Å². The van der Waals surface area contributed by atoms with Crippen LogP contribution < -0.4 is 19.7 Å². The Morgan fingerprint density at radius 2 is 1.55 bits per heavy atom. The summed E-state index contributed by atoms with van der Waals surface area (Å²) in [5.41, 5.74) is 2.56. The minimum absolute atomic E-state index is 0.0699. The molecule has 1 saturated heterocycles. The zero-order chi connectivity index (χ0) is 27.7. The van der Waals surface area contributed by atoms with E-state index >= 15 is 0 Å². The maximum absolute atomic E-state index is 12.7. The summed E-state index contributed by atoms with van der Waals surface area (Å²) in [6.07, 6.45) is 0. The zero-order valence-corrected chi connectivity index (χ0v) is 22.2. The molecular weight excluding hydrogens is 509 g/mol. The maximum atomic E-state index is 12.7. The molecule has 0 aliphatic carbocycles. The lowest BCUT2D eigenvalue weighted by atomic mass is 10.1. The molecule has 206 valence electrons. The standard InChI is InChI=1S/C32H32FN3O4/c33-14-19-39-30-7-3-6-27(21-30)32(38)34-22-31(37)36-17-15-35(16-18-36)28-10-12-29(13-11-28)40-23-24-8-9-25-4-1-2-5-26(25)20-24/h1-13,20-21H,14-19,22-23H2,(H,34,38). The monoisotopic (exact) mass is 541 g/mol. The largest absolute Gasteiger partial charge is 0.491 e. The van der Waals surface area contributed by atoms with Crippen LogP contribution in [0.2, 0.25) is 0 Å². The smallest absolute Gasteiger partial charge is 0.251 e. The van der Waals surface area contributed by atoms with Crippen LogP contribution in [0.3, 0.4) is 0 Å². The van der Waals surface area contributed by atoms with Crippen LogP contribution in [0, 0.1) is 0 Å². The lowest BCUT2D eigenvalue weighted by Gasteiger charge is -2.36. The number of halogens is 1. The van der Waals surface area contributed by atoms with Crippen molar-refractivity contribution < 1.29 is 23.5 Å². The molecule has 4 aromatic rings. The first-order valence-corrected chi connectivity index (χ1v) is 13.4. The number of amides is 2. The zero-order valence-electron chi connectivity index (χ0n) is 22.2. The summed E-state index contributed by atoms with van der Waals surface area (Å²) >= 11 is 0. The molecule has 4 aromatic carbocycles. The van der Waals surface area contributed by atoms with Gasteiger partial charge in [0.05, 0.1) is 6.54 Å². The molecule has 8 heteroatoms. The van der Waals surface area contributed by atoms with E-state index in [-0.39, 0.29) is 25.0 Å². The molecule has 0 spiro atoms. The fourth-order valence-electron chi connectivity index (χ4n) is 4.72. The Labute approximate surface area is 233 Å². The second-order valence-electron chi connectivity index (χ2n) is 9.58. The fourth-order valence-corrected chi connectivity index (χ4v) is 4.72. The predicted molar refractivity (Wildman–Crippen MR) is 154 cm³/mol. The van der Waals surface area contributed by atoms with E-state index in [0.29, 0.717) is 44.1 Å². The van der Waals surface area contributed by atoms with Crippen molar-refractivity contribution in [3.8, 4) is 11.5 Å². The van der Waals surface area contributed by atoms with Gasteiger partial charge >= 0.3 is 0 Å². The summed E-state index contributed by atoms with van der Waals surface area (Å²) in [5, 5.41) is 5.09. The number of carbonyl (C=O) groups excluding carboxylic acids is 2. The van der Waals surface area contributed by atoms with Gasteiger partial charge in [-0.2, -0.15) is 0 Å². The number of nitrogens with one attached hydrogen (secondary N) is 1. The number of piperazine rings is 1. The number of hydrogen-bond acceptors (Lipinski definition) is 5. The van der Waals surface area contributed by atoms with Gasteiger partial charge in [0.15, 0.2) is 0 Å². The van der Waals surface area contributed by atoms with Crippen molar-refractivity contribution >= 4 is 28.3 Å². The Hall–Kier alpha value is -4.59. The van der Waals surface area contributed by atoms with Crippen LogP contribution in [-0.2, 0) is 11.4 Å². The first-order chi connectivity index (χ1) is 19.6. The highest BCUT2D eigenvalue weighted by molar-refractivity contribution is 5.96. The number of nitrogens with zero attached hydrogens (tertiary/aromatic N) is 2. The normalized spacial score (nSPS) is 13.2. The van der Waals surface area contributed by atoms with Crippen molar-refractivity contribution in [3.63, 3.8) is 0 Å². The molecule has 0 aromatic heterocycles. The molecule has 1 aliphatic rings. The maximum Gasteiger partial charge on any atom is 0.251 e. The number of alkyl halides is 1. The molecule has 0 atom stereocenters. The summed E-state index contributed by atoms with van der Waals surface area (Å²) in [4.78, 5) is 29.2. The van der Waals surface area contributed by atoms with E-state index in [2.05, 4.69) is 40.5 Å². The Balaban J connectivity index is 1.06. The number of carbonyl (C=O) groups is 2. The molecule has 1 aliphatic heterocycles. The highest BCUT2D eigenvalue weighted by Crippen LogP contribution is 2.23. The minimum atomic E-state index is -0.606. The molecule has 0 radical (unpaired) electrons. The molecule has 1 heterocycles. The quantitative estimate of drug-likeness (QED) is 0.311. The molecular formula is C32H32FN3O4. The van der Waals surface area contributed by atoms with Gasteiger partial charge < -0.3 is 24.6 Å². The van der Waals surface area contributed by atoms with E-state index < -0.39 is 6.67 Å². The second-order valence-corrected chi connectivity index (χ2v) is 9.58. The van der Waals surface area contributed by atoms with E-state index in [9.17, 15) is 14.0 Å². The average Bonchev–Trinajstić information content (AvgIpc) is 3.02. The average molecular weight is 542 g/mol. The highest BCUT2D eigenvalue weighted by Gasteiger charge is 2.22. The first kappa shape index (κ1) is 27.0. The molecule has 5 rings (SSSR count). The van der Waals surface area contributed by atoms with Gasteiger partial charge in [0.1, 0.15) is 31.4 Å². The topological polar surface area (TPSA) is 71.1 Å². The number of rotatable bonds is 10. The van der Waals surface area contributed by atoms with Gasteiger partial charge in [0, 0.05) is 37.4 Å². The Bertz CT molecular complexity index is 1450. The van der Waals surface area contributed by atoms with Gasteiger partial charge in [-0.3, -0.25) is 9.59 Å². The number of ether oxygens (including phenoxy) is 2. The van der Waals surface area contributed by atoms with E-state index in [1.807, 2.05) is 36.4 Å². The lowest BCUT2D eigenvalue weighted by molar-refractivity contribution is -0.130. The fraction of sp³-hybridized carbons (Fsp3) is 0.250. The van der Waals surface area contributed by atoms with Gasteiger partial charge in [-0.15, -0.1) is 0 Å². The Kier molecular flexibility index (Phi) is 8.76. The van der Waals surface area contributed by atoms with Crippen LogP contribution in [-0.4, -0.2) is 62.7 Å². The molecule has 0 bridgehead atoms. The van der Waals surface area contributed by atoms with E-state index in [0.717, 1.165) is 17.0 Å². The number of hydrogen-bond donors (Lipinski definition) is 1. The molecule has 0 unspecified atom stereocenters. The van der Waals surface area contributed by atoms with Crippen molar-refractivity contribution in [1.82, 2.24) is 10.2 Å². The van der Waals surface area contributed by atoms with Gasteiger partial charge in [0.2, 0.25) is 5.91 Å². The Morgan fingerprint density at radius 3 is 2.33 bits per heavy atom. The number of benzene rings is 4. The molecule has 2 amide bonds. The summed E-state index contributed by atoms with van der Waals surface area (Å²) in [5.74, 6) is 0.717. The minimum Gasteiger partial charge on any atom is -0.491 e. The summed E-state index contributed by atoms with van der Waals surface area (Å²) < 4.78 is 23.6. The van der Waals surface area contributed by atoms with Crippen LogP contribution in [0.5, 0.6) is 11.5 Å². The van der Waals surface area contributed by atoms with Crippen LogP contribution in [0.15, 0.2) is 91.0 Å². The van der Waals surface area contributed by atoms with Crippen LogP contribution in [0.25, 0.3) is 10.8 Å². The second kappa shape index (κ2) is 13.0. The molecule has 1 N–H and O–H groups in total. The van der Waals surface area contributed by atoms with E-state index in [1.165, 1.54) is 16.8 Å². The lowest BCUT2D eigenvalue weighted by Crippen LogP contribution is -2.51. The number of fused-ring (bicyclic) bond motifs is 1. The highest BCUT2D eigenvalue weighted by atomic mass is 19.1. The molecule has 40 heavy (non-hydrogen) atoms. The van der Waals surface area contributed by atoms with Crippen LogP contribution >= 0.6 is 0 Å². The predicted octanol–water partition coefficient (Wildman–Crippen LogP) is 4.85. The molecule has 0 saturated carbocycles. The van der Waals surface area contributed by atoms with Crippen molar-refractivity contribution in [3.05, 3.63) is 102 Å². The number of anilines is 1. The van der Waals surface area contributed by atoms with Crippen molar-refractivity contribution in [2.75, 3.05) is 50.9 Å². The summed E-state index contributed by atoms with van der Waals surface area (Å²) in [6.45, 7) is 2.28. The van der Waals surface area contributed by atoms with E-state index in [1.54, 1.807) is 23.1 Å². The first-order valence-electron chi connectivity index (χ1n) is 13.4. The van der Waals surface area contributed by atoms with Crippen LogP contribution in [0.1, 0.15) is 15.9 Å². The molecule has 1 fully saturated rings. The third-order valence-corrected chi connectivity index (χ3v) is 6.90. The summed E-state index contributed by atoms with van der Waals surface area (Å²) in [6, 6.07) is 29.1. The van der Waals surface area contributed by atoms with Gasteiger partial charge in [-0.25, -0.2) is 4.39 Å². The van der Waals surface area contributed by atoms with Gasteiger partial charge in [-0.1, -0.05) is 42.5 Å². The molecule has 7 nitrogen and oxygen atoms in total. The van der Waals surface area contributed by atoms with E-state index in [4.69, 9.17) is 9.47 Å². The van der Waals surface area contributed by atoms with Crippen molar-refractivity contribution in [2.24, 2.45) is 0 Å². The summed E-state index contributed by atoms with van der Waals surface area (Å²) in [7, 11) is 0. The third-order valence-electron chi connectivity index (χ3n) is 6.90. The third kappa shape index (κ3) is 6.88. The van der Waals surface area contributed by atoms with Gasteiger partial charge in [-0.05, 0) is 64.9 Å². The SMILES string of the molecule is O=C(NCC(=O)N1CCN(c2ccc(OCc3ccc4ccccc4c3)cc2)CC1)c1cccc(OCCF)c1. The van der Waals surface area contributed by atoms with Crippen LogP contribution in [0.4, 0.5) is 10.1 Å². The van der Waals surface area contributed by atoms with Crippen molar-refractivity contribution in [2.45, 2.75) is 6.61 Å².